The van der Waals surface area contributed by atoms with Gasteiger partial charge in [-0.2, -0.15) is 0 Å². The van der Waals surface area contributed by atoms with Crippen LogP contribution in [0.25, 0.3) is 22.0 Å². The molecule has 1 amide bonds. The number of benzene rings is 2. The van der Waals surface area contributed by atoms with Gasteiger partial charge in [0.2, 0.25) is 11.9 Å². The molecule has 1 saturated heterocycles. The molecule has 1 atom stereocenters. The van der Waals surface area contributed by atoms with E-state index in [1.54, 1.807) is 26.2 Å². The topological polar surface area (TPSA) is 138 Å². The Morgan fingerprint density at radius 1 is 1.10 bits per heavy atom. The molecule has 0 radical (unpaired) electrons. The first kappa shape index (κ1) is 28.2. The SMILES string of the molecule is Cc1nc2ccc(-c3cnc(N4CCN(CC(=O)O)CC4)nc3)cc2c(N[C@H](C)c2cc(C(N)=O)ccc2F)c1Cl. The number of nitrogens with two attached hydrogens (primary N) is 1. The summed E-state index contributed by atoms with van der Waals surface area (Å²) in [5.74, 6) is -1.36. The molecular weight excluding hydrogens is 549 g/mol. The number of primary amides is 1. The van der Waals surface area contributed by atoms with Crippen molar-refractivity contribution in [1.82, 2.24) is 19.9 Å². The van der Waals surface area contributed by atoms with Crippen molar-refractivity contribution < 1.29 is 19.1 Å². The van der Waals surface area contributed by atoms with Crippen LogP contribution in [0.2, 0.25) is 5.02 Å². The number of piperazine rings is 1. The second kappa shape index (κ2) is 11.6. The largest absolute Gasteiger partial charge is 0.480 e. The van der Waals surface area contributed by atoms with E-state index in [1.807, 2.05) is 28.0 Å². The van der Waals surface area contributed by atoms with Crippen LogP contribution in [0.4, 0.5) is 16.0 Å². The van der Waals surface area contributed by atoms with Gasteiger partial charge in [0.25, 0.3) is 0 Å². The lowest BCUT2D eigenvalue weighted by atomic mass is 10.0. The number of aliphatic carboxylic acids is 1. The molecule has 5 rings (SSSR count). The Morgan fingerprint density at radius 2 is 1.80 bits per heavy atom. The maximum Gasteiger partial charge on any atom is 0.317 e. The molecule has 1 fully saturated rings. The summed E-state index contributed by atoms with van der Waals surface area (Å²) in [6.07, 6.45) is 3.49. The fourth-order valence-corrected chi connectivity index (χ4v) is 5.14. The van der Waals surface area contributed by atoms with Crippen LogP contribution in [-0.4, -0.2) is 69.6 Å². The summed E-state index contributed by atoms with van der Waals surface area (Å²) >= 11 is 6.71. The van der Waals surface area contributed by atoms with Crippen molar-refractivity contribution >= 4 is 46.0 Å². The number of nitrogens with zero attached hydrogens (tertiary/aromatic N) is 5. The summed E-state index contributed by atoms with van der Waals surface area (Å²) in [7, 11) is 0. The maximum absolute atomic E-state index is 14.7. The van der Waals surface area contributed by atoms with Crippen molar-refractivity contribution in [3.05, 3.63) is 76.5 Å². The van der Waals surface area contributed by atoms with Crippen LogP contribution in [-0.2, 0) is 4.79 Å². The number of halogens is 2. The molecule has 3 heterocycles. The van der Waals surface area contributed by atoms with Gasteiger partial charge < -0.3 is 21.1 Å². The molecule has 0 unspecified atom stereocenters. The number of fused-ring (bicyclic) bond motifs is 1. The number of carboxylic acid groups (broad SMARTS) is 1. The first-order valence-corrected chi connectivity index (χ1v) is 13.5. The van der Waals surface area contributed by atoms with Crippen molar-refractivity contribution in [2.24, 2.45) is 5.73 Å². The van der Waals surface area contributed by atoms with Crippen molar-refractivity contribution in [2.45, 2.75) is 19.9 Å². The maximum atomic E-state index is 14.7. The molecule has 2 aromatic carbocycles. The fraction of sp³-hybridized carbons (Fsp3) is 0.276. The van der Waals surface area contributed by atoms with E-state index in [1.165, 1.54) is 18.2 Å². The van der Waals surface area contributed by atoms with Crippen molar-refractivity contribution in [2.75, 3.05) is 42.9 Å². The second-order valence-corrected chi connectivity index (χ2v) is 10.4. The molecule has 12 heteroatoms. The van der Waals surface area contributed by atoms with E-state index in [4.69, 9.17) is 22.4 Å². The van der Waals surface area contributed by atoms with Gasteiger partial charge in [-0.05, 0) is 49.7 Å². The van der Waals surface area contributed by atoms with Gasteiger partial charge in [0.1, 0.15) is 5.82 Å². The standard InChI is InChI=1S/C29H29ClFN7O3/c1-16(21-12-19(28(32)41)3-5-23(21)31)36-27-22-11-18(4-6-24(22)35-17(2)26(27)30)20-13-33-29(34-14-20)38-9-7-37(8-10-38)15-25(39)40/h3-6,11-14,16H,7-10,15H2,1-2H3,(H2,32,41)(H,35,36)(H,39,40)/t16-/m1/s1. The molecule has 0 aliphatic carbocycles. The smallest absolute Gasteiger partial charge is 0.317 e. The molecule has 4 aromatic rings. The van der Waals surface area contributed by atoms with Gasteiger partial charge in [0.15, 0.2) is 0 Å². The highest BCUT2D eigenvalue weighted by molar-refractivity contribution is 6.35. The van der Waals surface area contributed by atoms with E-state index in [9.17, 15) is 14.0 Å². The average molecular weight is 578 g/mol. The van der Waals surface area contributed by atoms with Gasteiger partial charge in [-0.15, -0.1) is 0 Å². The number of rotatable bonds is 8. The minimum Gasteiger partial charge on any atom is -0.480 e. The average Bonchev–Trinajstić information content (AvgIpc) is 2.95. The molecule has 1 aliphatic heterocycles. The first-order chi connectivity index (χ1) is 19.6. The number of aryl methyl sites for hydroxylation is 1. The molecule has 41 heavy (non-hydrogen) atoms. The second-order valence-electron chi connectivity index (χ2n) is 10.0. The molecule has 0 bridgehead atoms. The van der Waals surface area contributed by atoms with E-state index < -0.39 is 23.7 Å². The molecule has 0 spiro atoms. The summed E-state index contributed by atoms with van der Waals surface area (Å²) in [4.78, 5) is 40.3. The lowest BCUT2D eigenvalue weighted by Gasteiger charge is -2.33. The minimum absolute atomic E-state index is 0.0261. The number of amides is 1. The number of pyridine rings is 1. The van der Waals surface area contributed by atoms with Crippen molar-refractivity contribution in [1.29, 1.82) is 0 Å². The van der Waals surface area contributed by atoms with E-state index in [-0.39, 0.29) is 17.7 Å². The van der Waals surface area contributed by atoms with Gasteiger partial charge in [0.05, 0.1) is 34.5 Å². The van der Waals surface area contributed by atoms with Gasteiger partial charge in [-0.1, -0.05) is 17.7 Å². The summed E-state index contributed by atoms with van der Waals surface area (Å²) in [6.45, 7) is 6.14. The Balaban J connectivity index is 1.42. The van der Waals surface area contributed by atoms with E-state index in [0.29, 0.717) is 54.0 Å². The third-order valence-corrected chi connectivity index (χ3v) is 7.65. The van der Waals surface area contributed by atoms with Gasteiger partial charge in [0, 0.05) is 60.6 Å². The molecule has 2 aromatic heterocycles. The number of hydrogen-bond donors (Lipinski definition) is 3. The first-order valence-electron chi connectivity index (χ1n) is 13.1. The van der Waals surface area contributed by atoms with Crippen LogP contribution >= 0.6 is 11.6 Å². The Morgan fingerprint density at radius 3 is 2.46 bits per heavy atom. The van der Waals surface area contributed by atoms with Gasteiger partial charge in [-0.3, -0.25) is 19.5 Å². The predicted molar refractivity (Wildman–Crippen MR) is 156 cm³/mol. The number of carboxylic acids is 1. The van der Waals surface area contributed by atoms with Crippen LogP contribution in [0.15, 0.2) is 48.8 Å². The Hall–Kier alpha value is -4.35. The number of aromatic nitrogens is 3. The zero-order valence-electron chi connectivity index (χ0n) is 22.6. The number of carbonyl (C=O) groups excluding carboxylic acids is 1. The summed E-state index contributed by atoms with van der Waals surface area (Å²) in [5.41, 5.74) is 9.43. The van der Waals surface area contributed by atoms with Crippen LogP contribution in [0.1, 0.15) is 34.6 Å². The lowest BCUT2D eigenvalue weighted by molar-refractivity contribution is -0.138. The summed E-state index contributed by atoms with van der Waals surface area (Å²) in [5, 5.41) is 13.5. The number of carbonyl (C=O) groups is 2. The van der Waals surface area contributed by atoms with Crippen molar-refractivity contribution in [3.8, 4) is 11.1 Å². The van der Waals surface area contributed by atoms with E-state index in [0.717, 1.165) is 16.5 Å². The summed E-state index contributed by atoms with van der Waals surface area (Å²) in [6, 6.07) is 9.22. The van der Waals surface area contributed by atoms with Crippen LogP contribution in [0.3, 0.4) is 0 Å². The van der Waals surface area contributed by atoms with Gasteiger partial charge in [-0.25, -0.2) is 14.4 Å². The normalized spacial score (nSPS) is 14.7. The van der Waals surface area contributed by atoms with Crippen LogP contribution < -0.4 is 16.0 Å². The predicted octanol–water partition coefficient (Wildman–Crippen LogP) is 4.27. The van der Waals surface area contributed by atoms with Gasteiger partial charge >= 0.3 is 5.97 Å². The highest BCUT2D eigenvalue weighted by Gasteiger charge is 2.21. The van der Waals surface area contributed by atoms with Crippen molar-refractivity contribution in [3.63, 3.8) is 0 Å². The zero-order chi connectivity index (χ0) is 29.3. The molecule has 10 nitrogen and oxygen atoms in total. The molecule has 0 saturated carbocycles. The van der Waals surface area contributed by atoms with E-state index >= 15 is 0 Å². The fourth-order valence-electron chi connectivity index (χ4n) is 4.94. The molecule has 212 valence electrons. The number of anilines is 2. The monoisotopic (exact) mass is 577 g/mol. The Bertz CT molecular complexity index is 1630. The lowest BCUT2D eigenvalue weighted by Crippen LogP contribution is -2.48. The highest BCUT2D eigenvalue weighted by Crippen LogP contribution is 2.37. The Kier molecular flexibility index (Phi) is 8.00. The van der Waals surface area contributed by atoms with Crippen LogP contribution in [0.5, 0.6) is 0 Å². The number of nitrogens with one attached hydrogen (secondary N) is 1. The third-order valence-electron chi connectivity index (χ3n) is 7.18. The molecule has 1 aliphatic rings. The quantitative estimate of drug-likeness (QED) is 0.280. The summed E-state index contributed by atoms with van der Waals surface area (Å²) < 4.78 is 14.7. The highest BCUT2D eigenvalue weighted by atomic mass is 35.5. The minimum atomic E-state index is -0.835. The van der Waals surface area contributed by atoms with E-state index in [2.05, 4.69) is 20.3 Å². The van der Waals surface area contributed by atoms with Crippen LogP contribution in [0, 0.1) is 12.7 Å². The molecule has 4 N–H and O–H groups in total. The third kappa shape index (κ3) is 6.06. The number of hydrogen-bond acceptors (Lipinski definition) is 8. The Labute approximate surface area is 241 Å². The zero-order valence-corrected chi connectivity index (χ0v) is 23.3. The molecular formula is C29H29ClFN7O3.